The van der Waals surface area contributed by atoms with E-state index in [4.69, 9.17) is 23.8 Å². The third kappa shape index (κ3) is 4.74. The Hall–Kier alpha value is -2.48. The van der Waals surface area contributed by atoms with E-state index < -0.39 is 0 Å². The van der Waals surface area contributed by atoms with Crippen molar-refractivity contribution in [3.63, 3.8) is 0 Å². The van der Waals surface area contributed by atoms with Crippen molar-refractivity contribution in [1.82, 2.24) is 14.9 Å². The Kier molecular flexibility index (Phi) is 6.55. The molecule has 2 atom stereocenters. The lowest BCUT2D eigenvalue weighted by Crippen LogP contribution is -3.14. The van der Waals surface area contributed by atoms with Crippen molar-refractivity contribution < 1.29 is 9.69 Å². The third-order valence-corrected chi connectivity index (χ3v) is 6.66. The SMILES string of the molecule is CC[NH+]1CCCC1CNC(=O)c1ccc2c(=O)n(Cc3ccc(Cl)cc3)c(=S)[nH]c2c1. The number of hydrogen-bond acceptors (Lipinski definition) is 3. The minimum absolute atomic E-state index is 0.131. The number of hydrogen-bond donors (Lipinski definition) is 3. The van der Waals surface area contributed by atoms with Crippen LogP contribution in [0.5, 0.6) is 0 Å². The number of quaternary nitrogens is 1. The van der Waals surface area contributed by atoms with E-state index in [1.807, 2.05) is 12.1 Å². The molecular formula is C23H26ClN4O2S+. The first-order valence-electron chi connectivity index (χ1n) is 10.6. The van der Waals surface area contributed by atoms with Crippen LogP contribution in [0.1, 0.15) is 35.7 Å². The van der Waals surface area contributed by atoms with Crippen LogP contribution in [0.15, 0.2) is 47.3 Å². The van der Waals surface area contributed by atoms with E-state index in [9.17, 15) is 9.59 Å². The number of carbonyl (C=O) groups is 1. The number of likely N-dealkylation sites (tertiary alicyclic amines) is 1. The molecule has 1 amide bonds. The highest BCUT2D eigenvalue weighted by Gasteiger charge is 2.27. The molecule has 2 aromatic carbocycles. The minimum Gasteiger partial charge on any atom is -0.346 e. The lowest BCUT2D eigenvalue weighted by Gasteiger charge is -2.20. The molecule has 1 aliphatic rings. The first-order chi connectivity index (χ1) is 15.0. The predicted octanol–water partition coefficient (Wildman–Crippen LogP) is 2.56. The smallest absolute Gasteiger partial charge is 0.262 e. The van der Waals surface area contributed by atoms with E-state index in [1.54, 1.807) is 35.2 Å². The number of aromatic nitrogens is 2. The standard InChI is InChI=1S/C23H25ClN4O2S/c1-2-27-11-3-4-18(27)13-25-21(29)16-7-10-19-20(12-16)26-23(31)28(22(19)30)14-15-5-8-17(24)9-6-15/h5-10,12,18H,2-4,11,13-14H2,1H3,(H,25,29)(H,26,31)/p+1. The monoisotopic (exact) mass is 457 g/mol. The molecule has 162 valence electrons. The summed E-state index contributed by atoms with van der Waals surface area (Å²) in [7, 11) is 0. The van der Waals surface area contributed by atoms with Crippen molar-refractivity contribution >= 4 is 40.6 Å². The lowest BCUT2D eigenvalue weighted by atomic mass is 10.1. The second-order valence-corrected chi connectivity index (χ2v) is 8.84. The molecule has 1 fully saturated rings. The molecule has 4 rings (SSSR count). The molecule has 1 aromatic heterocycles. The van der Waals surface area contributed by atoms with Gasteiger partial charge in [0.15, 0.2) is 4.77 Å². The molecule has 31 heavy (non-hydrogen) atoms. The summed E-state index contributed by atoms with van der Waals surface area (Å²) in [6.45, 7) is 5.45. The summed E-state index contributed by atoms with van der Waals surface area (Å²) in [5, 5.41) is 4.19. The maximum absolute atomic E-state index is 13.0. The average molecular weight is 458 g/mol. The highest BCUT2D eigenvalue weighted by molar-refractivity contribution is 7.71. The van der Waals surface area contributed by atoms with Crippen LogP contribution < -0.4 is 15.8 Å². The van der Waals surface area contributed by atoms with Gasteiger partial charge in [-0.1, -0.05) is 23.7 Å². The Morgan fingerprint density at radius 1 is 1.29 bits per heavy atom. The van der Waals surface area contributed by atoms with Crippen LogP contribution in [-0.4, -0.2) is 41.1 Å². The van der Waals surface area contributed by atoms with Crippen LogP contribution in [0.4, 0.5) is 0 Å². The average Bonchev–Trinajstić information content (AvgIpc) is 3.23. The summed E-state index contributed by atoms with van der Waals surface area (Å²) in [5.41, 5.74) is 1.83. The second-order valence-electron chi connectivity index (χ2n) is 8.02. The maximum atomic E-state index is 13.0. The molecule has 1 saturated heterocycles. The van der Waals surface area contributed by atoms with E-state index in [0.29, 0.717) is 45.4 Å². The van der Waals surface area contributed by atoms with Gasteiger partial charge < -0.3 is 15.2 Å². The van der Waals surface area contributed by atoms with Gasteiger partial charge in [0.05, 0.1) is 37.1 Å². The number of nitrogens with one attached hydrogen (secondary N) is 3. The molecule has 1 aliphatic heterocycles. The highest BCUT2D eigenvalue weighted by atomic mass is 35.5. The number of likely N-dealkylation sites (N-methyl/N-ethyl adjacent to an activating group) is 1. The number of H-pyrrole nitrogens is 1. The van der Waals surface area contributed by atoms with Crippen molar-refractivity contribution in [1.29, 1.82) is 0 Å². The first-order valence-corrected chi connectivity index (χ1v) is 11.4. The summed E-state index contributed by atoms with van der Waals surface area (Å²) >= 11 is 11.4. The van der Waals surface area contributed by atoms with Gasteiger partial charge in [0.1, 0.15) is 6.04 Å². The van der Waals surface area contributed by atoms with Gasteiger partial charge in [-0.15, -0.1) is 0 Å². The topological polar surface area (TPSA) is 71.3 Å². The van der Waals surface area contributed by atoms with Crippen LogP contribution in [0.3, 0.4) is 0 Å². The fourth-order valence-electron chi connectivity index (χ4n) is 4.33. The van der Waals surface area contributed by atoms with Crippen LogP contribution in [0, 0.1) is 4.77 Å². The number of fused-ring (bicyclic) bond motifs is 1. The van der Waals surface area contributed by atoms with Crippen LogP contribution in [0.25, 0.3) is 10.9 Å². The third-order valence-electron chi connectivity index (χ3n) is 6.09. The summed E-state index contributed by atoms with van der Waals surface area (Å²) in [5.74, 6) is -0.131. The van der Waals surface area contributed by atoms with Crippen molar-refractivity contribution in [3.8, 4) is 0 Å². The Bertz CT molecular complexity index is 1220. The second kappa shape index (κ2) is 9.34. The van der Waals surface area contributed by atoms with Crippen LogP contribution in [0.2, 0.25) is 5.02 Å². The van der Waals surface area contributed by atoms with E-state index in [-0.39, 0.29) is 11.5 Å². The molecule has 3 N–H and O–H groups in total. The Labute approximate surface area is 190 Å². The van der Waals surface area contributed by atoms with Gasteiger partial charge in [0.2, 0.25) is 0 Å². The fraction of sp³-hybridized carbons (Fsp3) is 0.348. The number of carbonyl (C=O) groups excluding carboxylic acids is 1. The molecule has 0 aliphatic carbocycles. The van der Waals surface area contributed by atoms with Crippen molar-refractivity contribution in [3.05, 3.63) is 73.7 Å². The first kappa shape index (κ1) is 21.7. The largest absolute Gasteiger partial charge is 0.346 e. The number of halogens is 1. The van der Waals surface area contributed by atoms with E-state index in [1.165, 1.54) is 17.5 Å². The summed E-state index contributed by atoms with van der Waals surface area (Å²) < 4.78 is 1.83. The molecular weight excluding hydrogens is 432 g/mol. The summed E-state index contributed by atoms with van der Waals surface area (Å²) in [6.07, 6.45) is 2.35. The molecule has 0 spiro atoms. The Balaban J connectivity index is 1.55. The van der Waals surface area contributed by atoms with Gasteiger partial charge >= 0.3 is 0 Å². The number of nitrogens with zero attached hydrogens (tertiary/aromatic N) is 1. The summed E-state index contributed by atoms with van der Waals surface area (Å²) in [6, 6.07) is 12.9. The maximum Gasteiger partial charge on any atom is 0.262 e. The molecule has 2 heterocycles. The molecule has 8 heteroatoms. The molecule has 0 radical (unpaired) electrons. The van der Waals surface area contributed by atoms with Crippen molar-refractivity contribution in [2.24, 2.45) is 0 Å². The zero-order chi connectivity index (χ0) is 22.0. The normalized spacial score (nSPS) is 18.4. The quantitative estimate of drug-likeness (QED) is 0.498. The van der Waals surface area contributed by atoms with Gasteiger partial charge in [0.25, 0.3) is 11.5 Å². The van der Waals surface area contributed by atoms with Gasteiger partial charge in [-0.25, -0.2) is 0 Å². The lowest BCUT2D eigenvalue weighted by molar-refractivity contribution is -0.909. The molecule has 3 aromatic rings. The zero-order valence-electron chi connectivity index (χ0n) is 17.4. The molecule has 0 saturated carbocycles. The number of amides is 1. The number of aromatic amines is 1. The summed E-state index contributed by atoms with van der Waals surface area (Å²) in [4.78, 5) is 30.4. The Morgan fingerprint density at radius 2 is 2.06 bits per heavy atom. The van der Waals surface area contributed by atoms with Crippen LogP contribution in [-0.2, 0) is 6.54 Å². The molecule has 0 bridgehead atoms. The zero-order valence-corrected chi connectivity index (χ0v) is 19.0. The minimum atomic E-state index is -0.186. The highest BCUT2D eigenvalue weighted by Crippen LogP contribution is 2.13. The number of benzene rings is 2. The van der Waals surface area contributed by atoms with Crippen molar-refractivity contribution in [2.45, 2.75) is 32.4 Å². The van der Waals surface area contributed by atoms with Gasteiger partial charge in [-0.3, -0.25) is 14.2 Å². The molecule has 6 nitrogen and oxygen atoms in total. The predicted molar refractivity (Wildman–Crippen MR) is 126 cm³/mol. The van der Waals surface area contributed by atoms with E-state index in [2.05, 4.69) is 17.2 Å². The van der Waals surface area contributed by atoms with Crippen molar-refractivity contribution in [2.75, 3.05) is 19.6 Å². The Morgan fingerprint density at radius 3 is 2.81 bits per heavy atom. The van der Waals surface area contributed by atoms with Gasteiger partial charge in [-0.05, 0) is 55.0 Å². The van der Waals surface area contributed by atoms with E-state index >= 15 is 0 Å². The fourth-order valence-corrected chi connectivity index (χ4v) is 4.71. The molecule has 2 unspecified atom stereocenters. The number of rotatable bonds is 6. The van der Waals surface area contributed by atoms with E-state index in [0.717, 1.165) is 18.5 Å². The van der Waals surface area contributed by atoms with Gasteiger partial charge in [-0.2, -0.15) is 0 Å². The van der Waals surface area contributed by atoms with Crippen LogP contribution >= 0.6 is 23.8 Å². The van der Waals surface area contributed by atoms with Gasteiger partial charge in [0, 0.05) is 23.4 Å².